The van der Waals surface area contributed by atoms with Crippen LogP contribution in [0.25, 0.3) is 0 Å². The van der Waals surface area contributed by atoms with Gasteiger partial charge in [0, 0.05) is 5.56 Å². The summed E-state index contributed by atoms with van der Waals surface area (Å²) >= 11 is 0. The molecule has 0 aliphatic rings. The molecule has 0 bridgehead atoms. The fourth-order valence-electron chi connectivity index (χ4n) is 1.82. The van der Waals surface area contributed by atoms with E-state index in [9.17, 15) is 9.59 Å². The number of hydrogen-bond acceptors (Lipinski definition) is 3. The molecule has 1 N–H and O–H groups in total. The molecule has 0 aliphatic heterocycles. The third kappa shape index (κ3) is 2.32. The van der Waals surface area contributed by atoms with Gasteiger partial charge in [-0.3, -0.25) is 4.79 Å². The summed E-state index contributed by atoms with van der Waals surface area (Å²) < 4.78 is 4.99. The molecule has 2 aromatic rings. The van der Waals surface area contributed by atoms with Crippen molar-refractivity contribution in [3.63, 3.8) is 0 Å². The van der Waals surface area contributed by atoms with Crippen LogP contribution in [0.4, 0.5) is 0 Å². The lowest BCUT2D eigenvalue weighted by Crippen LogP contribution is -2.01. The fraction of sp³-hybridized carbons (Fsp3) is 0.143. The Morgan fingerprint density at radius 3 is 2.06 bits per heavy atom. The summed E-state index contributed by atoms with van der Waals surface area (Å²) in [6, 6.07) is 8.11. The van der Waals surface area contributed by atoms with E-state index in [1.807, 2.05) is 19.9 Å². The van der Waals surface area contributed by atoms with Crippen molar-refractivity contribution >= 4 is 11.8 Å². The minimum atomic E-state index is -1.19. The predicted octanol–water partition coefficient (Wildman–Crippen LogP) is 2.83. The summed E-state index contributed by atoms with van der Waals surface area (Å²) in [5.41, 5.74) is 2.45. The van der Waals surface area contributed by atoms with Gasteiger partial charge in [-0.2, -0.15) is 0 Å². The molecule has 1 heterocycles. The van der Waals surface area contributed by atoms with E-state index in [2.05, 4.69) is 0 Å². The van der Waals surface area contributed by atoms with E-state index < -0.39 is 5.97 Å². The zero-order valence-corrected chi connectivity index (χ0v) is 10.1. The molecule has 0 radical (unpaired) electrons. The molecule has 0 saturated heterocycles. The third-order valence-electron chi connectivity index (χ3n) is 2.52. The number of carbonyl (C=O) groups excluding carboxylic acids is 1. The maximum Gasteiger partial charge on any atom is 0.371 e. The Labute approximate surface area is 104 Å². The number of ketones is 1. The Bertz CT molecular complexity index is 602. The van der Waals surface area contributed by atoms with Crippen molar-refractivity contribution in [2.45, 2.75) is 13.8 Å². The highest BCUT2D eigenvalue weighted by atomic mass is 16.4. The molecular weight excluding hydrogens is 232 g/mol. The molecule has 0 saturated carbocycles. The van der Waals surface area contributed by atoms with Crippen molar-refractivity contribution in [1.82, 2.24) is 0 Å². The molecule has 92 valence electrons. The van der Waals surface area contributed by atoms with Gasteiger partial charge >= 0.3 is 5.97 Å². The SMILES string of the molecule is Cc1cc(C)cc(C(=O)c2ccc(C(=O)O)o2)c1. The van der Waals surface area contributed by atoms with Gasteiger partial charge in [-0.15, -0.1) is 0 Å². The average Bonchev–Trinajstić information content (AvgIpc) is 2.75. The summed E-state index contributed by atoms with van der Waals surface area (Å²) in [6.45, 7) is 3.79. The summed E-state index contributed by atoms with van der Waals surface area (Å²) in [5, 5.41) is 8.73. The van der Waals surface area contributed by atoms with Crippen molar-refractivity contribution in [3.05, 3.63) is 58.5 Å². The second-order valence-electron chi connectivity index (χ2n) is 4.17. The molecule has 0 atom stereocenters. The molecule has 1 aromatic heterocycles. The number of carboxylic acids is 1. The largest absolute Gasteiger partial charge is 0.475 e. The lowest BCUT2D eigenvalue weighted by atomic mass is 10.0. The first-order valence-corrected chi connectivity index (χ1v) is 5.43. The van der Waals surface area contributed by atoms with E-state index in [4.69, 9.17) is 9.52 Å². The Kier molecular flexibility index (Phi) is 3.02. The van der Waals surface area contributed by atoms with Crippen LogP contribution in [-0.2, 0) is 0 Å². The zero-order valence-electron chi connectivity index (χ0n) is 10.1. The monoisotopic (exact) mass is 244 g/mol. The van der Waals surface area contributed by atoms with Crippen LogP contribution in [0, 0.1) is 13.8 Å². The smallest absolute Gasteiger partial charge is 0.371 e. The predicted molar refractivity (Wildman–Crippen MR) is 65.0 cm³/mol. The van der Waals surface area contributed by atoms with Gasteiger partial charge in [0.25, 0.3) is 0 Å². The van der Waals surface area contributed by atoms with E-state index in [1.54, 1.807) is 12.1 Å². The van der Waals surface area contributed by atoms with Crippen LogP contribution in [0.5, 0.6) is 0 Å². The van der Waals surface area contributed by atoms with E-state index in [1.165, 1.54) is 12.1 Å². The van der Waals surface area contributed by atoms with Crippen molar-refractivity contribution < 1.29 is 19.1 Å². The molecule has 1 aromatic carbocycles. The average molecular weight is 244 g/mol. The topological polar surface area (TPSA) is 67.5 Å². The standard InChI is InChI=1S/C14H12O4/c1-8-5-9(2)7-10(6-8)13(15)11-3-4-12(18-11)14(16)17/h3-7H,1-2H3,(H,16,17). The molecule has 18 heavy (non-hydrogen) atoms. The van der Waals surface area contributed by atoms with Crippen molar-refractivity contribution in [2.75, 3.05) is 0 Å². The number of furan rings is 1. The molecule has 4 nitrogen and oxygen atoms in total. The highest BCUT2D eigenvalue weighted by molar-refractivity contribution is 6.07. The Hall–Kier alpha value is -2.36. The van der Waals surface area contributed by atoms with Gasteiger partial charge < -0.3 is 9.52 Å². The maximum absolute atomic E-state index is 12.1. The van der Waals surface area contributed by atoms with Crippen LogP contribution in [0.3, 0.4) is 0 Å². The minimum Gasteiger partial charge on any atom is -0.475 e. The van der Waals surface area contributed by atoms with Crippen LogP contribution in [0.15, 0.2) is 34.7 Å². The normalized spacial score (nSPS) is 10.3. The van der Waals surface area contributed by atoms with Gasteiger partial charge in [-0.25, -0.2) is 4.79 Å². The Morgan fingerprint density at radius 2 is 1.56 bits per heavy atom. The quantitative estimate of drug-likeness (QED) is 0.843. The Balaban J connectivity index is 2.38. The van der Waals surface area contributed by atoms with E-state index in [0.29, 0.717) is 5.56 Å². The van der Waals surface area contributed by atoms with E-state index >= 15 is 0 Å². The molecule has 0 fully saturated rings. The third-order valence-corrected chi connectivity index (χ3v) is 2.52. The van der Waals surface area contributed by atoms with Crippen LogP contribution in [0.1, 0.15) is 37.8 Å². The van der Waals surface area contributed by atoms with Crippen LogP contribution in [-0.4, -0.2) is 16.9 Å². The second-order valence-corrected chi connectivity index (χ2v) is 4.17. The summed E-state index contributed by atoms with van der Waals surface area (Å²) in [6.07, 6.45) is 0. The number of carboxylic acid groups (broad SMARTS) is 1. The molecule has 4 heteroatoms. The van der Waals surface area contributed by atoms with Gasteiger partial charge in [0.1, 0.15) is 0 Å². The van der Waals surface area contributed by atoms with Gasteiger partial charge in [0.05, 0.1) is 0 Å². The highest BCUT2D eigenvalue weighted by Gasteiger charge is 2.16. The molecule has 0 amide bonds. The van der Waals surface area contributed by atoms with E-state index in [0.717, 1.165) is 11.1 Å². The van der Waals surface area contributed by atoms with Crippen LogP contribution in [0.2, 0.25) is 0 Å². The van der Waals surface area contributed by atoms with Crippen LogP contribution >= 0.6 is 0 Å². The first kappa shape index (κ1) is 12.1. The van der Waals surface area contributed by atoms with Gasteiger partial charge in [0.15, 0.2) is 5.76 Å². The summed E-state index contributed by atoms with van der Waals surface area (Å²) in [4.78, 5) is 22.8. The van der Waals surface area contributed by atoms with Crippen molar-refractivity contribution in [3.8, 4) is 0 Å². The maximum atomic E-state index is 12.1. The molecule has 2 rings (SSSR count). The van der Waals surface area contributed by atoms with Gasteiger partial charge in [-0.1, -0.05) is 17.2 Å². The number of carbonyl (C=O) groups is 2. The van der Waals surface area contributed by atoms with Crippen LogP contribution < -0.4 is 0 Å². The number of benzene rings is 1. The summed E-state index contributed by atoms with van der Waals surface area (Å²) in [7, 11) is 0. The van der Waals surface area contributed by atoms with Gasteiger partial charge in [-0.05, 0) is 38.1 Å². The summed E-state index contributed by atoms with van der Waals surface area (Å²) in [5.74, 6) is -1.69. The molecule has 0 unspecified atom stereocenters. The first-order valence-electron chi connectivity index (χ1n) is 5.43. The minimum absolute atomic E-state index is 0.0393. The highest BCUT2D eigenvalue weighted by Crippen LogP contribution is 2.16. The van der Waals surface area contributed by atoms with E-state index in [-0.39, 0.29) is 17.3 Å². The number of aromatic carboxylic acids is 1. The molecular formula is C14H12O4. The van der Waals surface area contributed by atoms with Gasteiger partial charge in [0.2, 0.25) is 11.5 Å². The Morgan fingerprint density at radius 1 is 1.00 bits per heavy atom. The number of hydrogen-bond donors (Lipinski definition) is 1. The lowest BCUT2D eigenvalue weighted by Gasteiger charge is -2.02. The fourth-order valence-corrected chi connectivity index (χ4v) is 1.82. The second kappa shape index (κ2) is 4.49. The number of aryl methyl sites for hydroxylation is 2. The molecule has 0 spiro atoms. The number of rotatable bonds is 3. The molecule has 0 aliphatic carbocycles. The van der Waals surface area contributed by atoms with Crippen molar-refractivity contribution in [1.29, 1.82) is 0 Å². The first-order chi connectivity index (χ1) is 8.47. The lowest BCUT2D eigenvalue weighted by molar-refractivity contribution is 0.0660. The van der Waals surface area contributed by atoms with Crippen molar-refractivity contribution in [2.24, 2.45) is 0 Å². The zero-order chi connectivity index (χ0) is 13.3.